The van der Waals surface area contributed by atoms with Gasteiger partial charge >= 0.3 is 0 Å². The maximum absolute atomic E-state index is 15.5. The van der Waals surface area contributed by atoms with Gasteiger partial charge in [-0.15, -0.1) is 0 Å². The lowest BCUT2D eigenvalue weighted by atomic mass is 9.82. The van der Waals surface area contributed by atoms with Gasteiger partial charge in [0.25, 0.3) is 0 Å². The third-order valence-electron chi connectivity index (χ3n) is 10.3. The van der Waals surface area contributed by atoms with E-state index in [4.69, 9.17) is 0 Å². The third-order valence-corrected chi connectivity index (χ3v) is 21.1. The fraction of sp³-hybridized carbons (Fsp3) is 0.128. The van der Waals surface area contributed by atoms with E-state index in [0.29, 0.717) is 31.8 Å². The van der Waals surface area contributed by atoms with Crippen LogP contribution in [0, 0.1) is 0 Å². The molecule has 0 amide bonds. The van der Waals surface area contributed by atoms with Gasteiger partial charge in [-0.25, -0.2) is 16.8 Å². The Balaban J connectivity index is 1.32. The Morgan fingerprint density at radius 1 is 0.571 bits per heavy atom. The first kappa shape index (κ1) is 32.2. The molecule has 0 spiro atoms. The molecule has 0 saturated heterocycles. The maximum atomic E-state index is 15.5. The van der Waals surface area contributed by atoms with E-state index in [-0.39, 0.29) is 19.6 Å². The van der Waals surface area contributed by atoms with Crippen molar-refractivity contribution in [1.29, 1.82) is 0 Å². The fourth-order valence-electron chi connectivity index (χ4n) is 7.81. The van der Waals surface area contributed by atoms with Gasteiger partial charge in [-0.3, -0.25) is 0 Å². The molecule has 0 fully saturated rings. The SMILES string of the molecule is C/C=C\C1=C(C)P(=O)(c2ccc3c(c2)C(C)(C)c2cc(P4(=O)c5ccccc5S(=O)(=O)c5ccccc54)ccc2-3)c2ccccc2S1(=O)=O. The average molecular weight is 723 g/mol. The molecule has 3 aliphatic rings. The number of sulfone groups is 2. The summed E-state index contributed by atoms with van der Waals surface area (Å²) in [7, 11) is -14.9. The first-order chi connectivity index (χ1) is 23.2. The van der Waals surface area contributed by atoms with Crippen molar-refractivity contribution in [2.24, 2.45) is 0 Å². The number of fused-ring (bicyclic) bond motifs is 6. The van der Waals surface area contributed by atoms with Crippen LogP contribution in [-0.4, -0.2) is 16.8 Å². The van der Waals surface area contributed by atoms with Gasteiger partial charge in [0.05, 0.1) is 19.6 Å². The Labute approximate surface area is 286 Å². The molecule has 49 heavy (non-hydrogen) atoms. The summed E-state index contributed by atoms with van der Waals surface area (Å²) in [6.07, 6.45) is 3.18. The molecule has 10 heteroatoms. The Morgan fingerprint density at radius 3 is 1.45 bits per heavy atom. The Kier molecular flexibility index (Phi) is 6.88. The molecule has 246 valence electrons. The summed E-state index contributed by atoms with van der Waals surface area (Å²) in [6.45, 7) is 7.53. The van der Waals surface area contributed by atoms with Crippen LogP contribution in [0.25, 0.3) is 11.1 Å². The molecule has 0 bridgehead atoms. The molecule has 0 aromatic heterocycles. The summed E-state index contributed by atoms with van der Waals surface area (Å²) in [5, 5.41) is 2.31. The van der Waals surface area contributed by atoms with E-state index < -0.39 is 39.4 Å². The van der Waals surface area contributed by atoms with E-state index in [1.807, 2.05) is 36.4 Å². The van der Waals surface area contributed by atoms with Crippen LogP contribution in [0.3, 0.4) is 0 Å². The highest BCUT2D eigenvalue weighted by molar-refractivity contribution is 7.99. The van der Waals surface area contributed by atoms with E-state index in [0.717, 1.165) is 22.3 Å². The van der Waals surface area contributed by atoms with Crippen molar-refractivity contribution in [3.8, 4) is 11.1 Å². The van der Waals surface area contributed by atoms with Gasteiger partial charge in [-0.1, -0.05) is 80.6 Å². The van der Waals surface area contributed by atoms with Crippen LogP contribution in [0.4, 0.5) is 0 Å². The van der Waals surface area contributed by atoms with Crippen LogP contribution >= 0.6 is 14.3 Å². The first-order valence-electron chi connectivity index (χ1n) is 15.8. The van der Waals surface area contributed by atoms with Crippen molar-refractivity contribution >= 4 is 60.5 Å². The standard InChI is InChI=1S/C39H32O6P2S2/c1-5-12-35-25(2)46(40,32-13-6-9-16-36(32)48(35,42)43)26-19-21-28-29-22-20-27(24-31(29)39(3,4)30(28)23-26)47(41)33-14-7-10-17-37(33)49(44,45)38-18-11-8-15-34(38)47/h5-24H,1-4H3/b12-5-. The minimum absolute atomic E-state index is 0.0597. The molecule has 0 saturated carbocycles. The van der Waals surface area contributed by atoms with E-state index in [1.165, 1.54) is 24.3 Å². The lowest BCUT2D eigenvalue weighted by Crippen LogP contribution is -2.36. The summed E-state index contributed by atoms with van der Waals surface area (Å²) in [5.74, 6) is 0. The van der Waals surface area contributed by atoms with Crippen molar-refractivity contribution < 1.29 is 26.0 Å². The van der Waals surface area contributed by atoms with E-state index in [2.05, 4.69) is 13.8 Å². The number of allylic oxidation sites excluding steroid dienone is 3. The van der Waals surface area contributed by atoms with Gasteiger partial charge in [0, 0.05) is 37.3 Å². The molecule has 0 N–H and O–H groups in total. The second kappa shape index (κ2) is 10.5. The van der Waals surface area contributed by atoms with Crippen LogP contribution < -0.4 is 26.5 Å². The molecular formula is C39H32O6P2S2. The predicted molar refractivity (Wildman–Crippen MR) is 197 cm³/mol. The van der Waals surface area contributed by atoms with E-state index >= 15 is 9.13 Å². The highest BCUT2D eigenvalue weighted by atomic mass is 32.2. The minimum Gasteiger partial charge on any atom is -0.309 e. The lowest BCUT2D eigenvalue weighted by Gasteiger charge is -2.30. The minimum atomic E-state index is -3.87. The van der Waals surface area contributed by atoms with Crippen LogP contribution in [0.5, 0.6) is 0 Å². The molecule has 6 nitrogen and oxygen atoms in total. The summed E-state index contributed by atoms with van der Waals surface area (Å²) in [4.78, 5) is 0.240. The quantitative estimate of drug-likeness (QED) is 0.189. The van der Waals surface area contributed by atoms with Crippen molar-refractivity contribution in [3.05, 3.63) is 143 Å². The smallest absolute Gasteiger partial charge is 0.208 e. The summed E-state index contributed by atoms with van der Waals surface area (Å²) in [5.41, 5.74) is 3.10. The molecule has 2 aliphatic heterocycles. The number of rotatable bonds is 3. The second-order valence-electron chi connectivity index (χ2n) is 13.2. The van der Waals surface area contributed by atoms with Crippen molar-refractivity contribution in [2.45, 2.75) is 47.8 Å². The van der Waals surface area contributed by atoms with Crippen molar-refractivity contribution in [2.75, 3.05) is 0 Å². The van der Waals surface area contributed by atoms with Crippen molar-refractivity contribution in [3.63, 3.8) is 0 Å². The first-order valence-corrected chi connectivity index (χ1v) is 22.2. The largest absolute Gasteiger partial charge is 0.309 e. The molecule has 5 aromatic rings. The van der Waals surface area contributed by atoms with Gasteiger partial charge in [0.1, 0.15) is 0 Å². The monoisotopic (exact) mass is 722 g/mol. The molecular weight excluding hydrogens is 691 g/mol. The Bertz CT molecular complexity index is 2650. The molecule has 8 rings (SSSR count). The normalized spacial score (nSPS) is 21.7. The van der Waals surface area contributed by atoms with E-state index in [9.17, 15) is 16.8 Å². The molecule has 0 radical (unpaired) electrons. The van der Waals surface area contributed by atoms with Gasteiger partial charge in [0.2, 0.25) is 19.7 Å². The topological polar surface area (TPSA) is 102 Å². The van der Waals surface area contributed by atoms with Gasteiger partial charge < -0.3 is 9.13 Å². The number of hydrogen-bond donors (Lipinski definition) is 0. The maximum Gasteiger partial charge on any atom is 0.208 e. The molecule has 1 aliphatic carbocycles. The van der Waals surface area contributed by atoms with Crippen LogP contribution in [0.1, 0.15) is 38.8 Å². The highest BCUT2D eigenvalue weighted by Crippen LogP contribution is 2.60. The Hall–Kier alpha value is -4.06. The van der Waals surface area contributed by atoms with Gasteiger partial charge in [-0.05, 0) is 90.7 Å². The lowest BCUT2D eigenvalue weighted by molar-refractivity contribution is 0.585. The van der Waals surface area contributed by atoms with Gasteiger partial charge in [-0.2, -0.15) is 0 Å². The van der Waals surface area contributed by atoms with Crippen LogP contribution in [-0.2, 0) is 34.2 Å². The average Bonchev–Trinajstić information content (AvgIpc) is 3.33. The molecule has 2 heterocycles. The number of benzene rings is 5. The summed E-state index contributed by atoms with van der Waals surface area (Å²) < 4.78 is 85.5. The highest BCUT2D eigenvalue weighted by Gasteiger charge is 2.47. The number of hydrogen-bond acceptors (Lipinski definition) is 6. The zero-order valence-corrected chi connectivity index (χ0v) is 30.6. The van der Waals surface area contributed by atoms with Crippen LogP contribution in [0.2, 0.25) is 0 Å². The third kappa shape index (κ3) is 4.06. The zero-order valence-electron chi connectivity index (χ0n) is 27.2. The Morgan fingerprint density at radius 2 is 0.980 bits per heavy atom. The fourth-order valence-corrected chi connectivity index (χ4v) is 19.2. The molecule has 1 atom stereocenters. The second-order valence-corrected chi connectivity index (χ2v) is 22.5. The van der Waals surface area contributed by atoms with Crippen molar-refractivity contribution in [1.82, 2.24) is 0 Å². The van der Waals surface area contributed by atoms with Crippen LogP contribution in [0.15, 0.2) is 146 Å². The molecule has 5 aromatic carbocycles. The predicted octanol–water partition coefficient (Wildman–Crippen LogP) is 6.69. The zero-order chi connectivity index (χ0) is 34.7. The summed E-state index contributed by atoms with van der Waals surface area (Å²) in [6, 6.07) is 31.1. The van der Waals surface area contributed by atoms with E-state index in [1.54, 1.807) is 74.5 Å². The summed E-state index contributed by atoms with van der Waals surface area (Å²) >= 11 is 0. The molecule has 1 unspecified atom stereocenters. The van der Waals surface area contributed by atoms with Gasteiger partial charge in [0.15, 0.2) is 14.3 Å².